The summed E-state index contributed by atoms with van der Waals surface area (Å²) in [6, 6.07) is 19.9. The molecule has 7 nitrogen and oxygen atoms in total. The van der Waals surface area contributed by atoms with Crippen LogP contribution in [-0.4, -0.2) is 47.5 Å². The summed E-state index contributed by atoms with van der Waals surface area (Å²) < 4.78 is 0. The van der Waals surface area contributed by atoms with Crippen LogP contribution in [0.1, 0.15) is 43.2 Å². The van der Waals surface area contributed by atoms with Gasteiger partial charge in [-0.05, 0) is 36.8 Å². The highest BCUT2D eigenvalue weighted by Gasteiger charge is 2.37. The molecule has 0 aliphatic heterocycles. The van der Waals surface area contributed by atoms with Gasteiger partial charge in [-0.2, -0.15) is 0 Å². The Bertz CT molecular complexity index is 920. The van der Waals surface area contributed by atoms with Gasteiger partial charge in [-0.3, -0.25) is 19.6 Å². The lowest BCUT2D eigenvalue weighted by atomic mass is 9.77. The largest absolute Gasteiger partial charge is 0.356 e. The molecule has 0 saturated heterocycles. The van der Waals surface area contributed by atoms with Gasteiger partial charge in [0.1, 0.15) is 0 Å². The second-order valence-electron chi connectivity index (χ2n) is 8.87. The van der Waals surface area contributed by atoms with E-state index in [9.17, 15) is 14.4 Å². The second kappa shape index (κ2) is 13.5. The van der Waals surface area contributed by atoms with Gasteiger partial charge in [0.25, 0.3) is 0 Å². The van der Waals surface area contributed by atoms with E-state index >= 15 is 0 Å². The molecule has 1 aliphatic carbocycles. The first kappa shape index (κ1) is 25.4. The van der Waals surface area contributed by atoms with Crippen LogP contribution < -0.4 is 10.8 Å². The fourth-order valence-corrected chi connectivity index (χ4v) is 4.61. The van der Waals surface area contributed by atoms with Gasteiger partial charge in [0.15, 0.2) is 0 Å². The molecular weight excluding hydrogens is 430 g/mol. The van der Waals surface area contributed by atoms with Crippen molar-refractivity contribution in [3.05, 3.63) is 71.8 Å². The molecule has 0 spiro atoms. The Kier molecular flexibility index (Phi) is 10.1. The molecule has 0 bridgehead atoms. The quantitative estimate of drug-likeness (QED) is 0.351. The fraction of sp³-hybridized carbons (Fsp3) is 0.444. The number of nitrogens with zero attached hydrogens (tertiary/aromatic N) is 1. The number of amides is 3. The summed E-state index contributed by atoms with van der Waals surface area (Å²) in [7, 11) is 0. The minimum absolute atomic E-state index is 0.0116. The third kappa shape index (κ3) is 7.70. The maximum Gasteiger partial charge on any atom is 0.245 e. The van der Waals surface area contributed by atoms with Gasteiger partial charge < -0.3 is 10.2 Å². The molecule has 0 aromatic heterocycles. The molecule has 2 aromatic rings. The maximum absolute atomic E-state index is 13.6. The van der Waals surface area contributed by atoms with Gasteiger partial charge >= 0.3 is 0 Å². The van der Waals surface area contributed by atoms with Crippen molar-refractivity contribution in [2.24, 2.45) is 11.8 Å². The van der Waals surface area contributed by atoms with E-state index in [2.05, 4.69) is 5.32 Å². The van der Waals surface area contributed by atoms with Crippen LogP contribution in [0.5, 0.6) is 0 Å². The number of nitrogens with one attached hydrogen (secondary N) is 2. The summed E-state index contributed by atoms with van der Waals surface area (Å²) in [5.74, 6) is -1.42. The van der Waals surface area contributed by atoms with Crippen molar-refractivity contribution in [1.29, 1.82) is 0 Å². The Morgan fingerprint density at radius 2 is 1.41 bits per heavy atom. The summed E-state index contributed by atoms with van der Waals surface area (Å²) in [6.45, 7) is 1.20. The van der Waals surface area contributed by atoms with Crippen molar-refractivity contribution in [2.75, 3.05) is 19.6 Å². The Morgan fingerprint density at radius 1 is 0.824 bits per heavy atom. The average molecular weight is 466 g/mol. The molecular formula is C27H35N3O4. The Labute approximate surface area is 201 Å². The molecule has 2 atom stereocenters. The van der Waals surface area contributed by atoms with E-state index in [1.807, 2.05) is 60.7 Å². The van der Waals surface area contributed by atoms with Crippen LogP contribution in [0.3, 0.4) is 0 Å². The third-order valence-electron chi connectivity index (χ3n) is 6.53. The smallest absolute Gasteiger partial charge is 0.245 e. The van der Waals surface area contributed by atoms with Gasteiger partial charge in [-0.1, -0.05) is 73.5 Å². The van der Waals surface area contributed by atoms with E-state index in [1.54, 1.807) is 10.4 Å². The number of hydrogen-bond acceptors (Lipinski definition) is 4. The van der Waals surface area contributed by atoms with E-state index in [4.69, 9.17) is 5.21 Å². The van der Waals surface area contributed by atoms with Crippen molar-refractivity contribution in [2.45, 2.75) is 44.9 Å². The molecule has 1 saturated carbocycles. The fourth-order valence-electron chi connectivity index (χ4n) is 4.61. The standard InChI is InChI=1S/C27H35N3O4/c31-25(29-34)17-20-30(19-16-22-11-5-2-6-12-22)27(33)24-14-8-7-13-23(24)26(32)28-18-15-21-9-3-1-4-10-21/h1-6,9-12,23-24,34H,7-8,13-20H2,(H,28,32)(H,29,31). The highest BCUT2D eigenvalue weighted by molar-refractivity contribution is 5.88. The van der Waals surface area contributed by atoms with Crippen LogP contribution in [0.4, 0.5) is 0 Å². The van der Waals surface area contributed by atoms with Crippen LogP contribution in [0.2, 0.25) is 0 Å². The molecule has 34 heavy (non-hydrogen) atoms. The van der Waals surface area contributed by atoms with Gasteiger partial charge in [0, 0.05) is 37.9 Å². The molecule has 3 amide bonds. The molecule has 2 aromatic carbocycles. The number of hydroxylamine groups is 1. The molecule has 3 rings (SSSR count). The maximum atomic E-state index is 13.6. The summed E-state index contributed by atoms with van der Waals surface area (Å²) in [5.41, 5.74) is 3.90. The minimum Gasteiger partial charge on any atom is -0.356 e. The zero-order valence-electron chi connectivity index (χ0n) is 19.6. The van der Waals surface area contributed by atoms with Gasteiger partial charge in [0.05, 0.1) is 0 Å². The number of benzene rings is 2. The van der Waals surface area contributed by atoms with Crippen molar-refractivity contribution in [3.8, 4) is 0 Å². The van der Waals surface area contributed by atoms with Gasteiger partial charge in [0.2, 0.25) is 17.7 Å². The van der Waals surface area contributed by atoms with Crippen molar-refractivity contribution < 1.29 is 19.6 Å². The van der Waals surface area contributed by atoms with E-state index < -0.39 is 11.8 Å². The first-order valence-corrected chi connectivity index (χ1v) is 12.2. The Morgan fingerprint density at radius 3 is 2.03 bits per heavy atom. The van der Waals surface area contributed by atoms with Crippen LogP contribution >= 0.6 is 0 Å². The van der Waals surface area contributed by atoms with Crippen LogP contribution in [0.25, 0.3) is 0 Å². The van der Waals surface area contributed by atoms with Crippen molar-refractivity contribution >= 4 is 17.7 Å². The number of carbonyl (C=O) groups excluding carboxylic acids is 3. The molecule has 0 heterocycles. The number of rotatable bonds is 11. The molecule has 1 aliphatic rings. The average Bonchev–Trinajstić information content (AvgIpc) is 2.89. The number of carbonyl (C=O) groups is 3. The van der Waals surface area contributed by atoms with Crippen molar-refractivity contribution in [1.82, 2.24) is 15.7 Å². The monoisotopic (exact) mass is 465 g/mol. The van der Waals surface area contributed by atoms with Crippen LogP contribution in [0.15, 0.2) is 60.7 Å². The Balaban J connectivity index is 1.63. The molecule has 182 valence electrons. The van der Waals surface area contributed by atoms with E-state index in [-0.39, 0.29) is 30.7 Å². The third-order valence-corrected chi connectivity index (χ3v) is 6.53. The van der Waals surface area contributed by atoms with E-state index in [0.29, 0.717) is 32.4 Å². The lowest BCUT2D eigenvalue weighted by Crippen LogP contribution is -2.47. The summed E-state index contributed by atoms with van der Waals surface area (Å²) in [4.78, 5) is 39.9. The molecule has 7 heteroatoms. The van der Waals surface area contributed by atoms with E-state index in [1.165, 1.54) is 0 Å². The first-order valence-electron chi connectivity index (χ1n) is 12.2. The SMILES string of the molecule is O=C(CCN(CCc1ccccc1)C(=O)C1CCCCC1C(=O)NCCc1ccccc1)NO. The summed E-state index contributed by atoms with van der Waals surface area (Å²) in [5, 5.41) is 11.9. The van der Waals surface area contributed by atoms with Crippen molar-refractivity contribution in [3.63, 3.8) is 0 Å². The molecule has 3 N–H and O–H groups in total. The highest BCUT2D eigenvalue weighted by atomic mass is 16.5. The molecule has 2 unspecified atom stereocenters. The molecule has 1 fully saturated rings. The zero-order chi connectivity index (χ0) is 24.2. The van der Waals surface area contributed by atoms with E-state index in [0.717, 1.165) is 30.4 Å². The zero-order valence-corrected chi connectivity index (χ0v) is 19.6. The lowest BCUT2D eigenvalue weighted by molar-refractivity contribution is -0.144. The first-order chi connectivity index (χ1) is 16.6. The predicted octanol–water partition coefficient (Wildman–Crippen LogP) is 3.12. The predicted molar refractivity (Wildman–Crippen MR) is 130 cm³/mol. The topological polar surface area (TPSA) is 98.7 Å². The molecule has 0 radical (unpaired) electrons. The van der Waals surface area contributed by atoms with Gasteiger partial charge in [-0.25, -0.2) is 5.48 Å². The van der Waals surface area contributed by atoms with Crippen LogP contribution in [-0.2, 0) is 27.2 Å². The lowest BCUT2D eigenvalue weighted by Gasteiger charge is -2.34. The number of hydrogen-bond donors (Lipinski definition) is 3. The summed E-state index contributed by atoms with van der Waals surface area (Å²) >= 11 is 0. The van der Waals surface area contributed by atoms with Crippen LogP contribution in [0, 0.1) is 11.8 Å². The Hall–Kier alpha value is -3.19. The minimum atomic E-state index is -0.531. The van der Waals surface area contributed by atoms with Gasteiger partial charge in [-0.15, -0.1) is 0 Å². The normalized spacial score (nSPS) is 17.6. The second-order valence-corrected chi connectivity index (χ2v) is 8.87. The summed E-state index contributed by atoms with van der Waals surface area (Å²) in [6.07, 6.45) is 4.62. The highest BCUT2D eigenvalue weighted by Crippen LogP contribution is 2.32.